The second-order valence-electron chi connectivity index (χ2n) is 5.25. The van der Waals surface area contributed by atoms with Gasteiger partial charge < -0.3 is 14.2 Å². The van der Waals surface area contributed by atoms with Crippen LogP contribution >= 0.6 is 0 Å². The highest BCUT2D eigenvalue weighted by Gasteiger charge is 2.17. The Bertz CT molecular complexity index is 925. The zero-order chi connectivity index (χ0) is 19.9. The van der Waals surface area contributed by atoms with Gasteiger partial charge in [-0.3, -0.25) is 4.72 Å². The molecule has 0 fully saturated rings. The van der Waals surface area contributed by atoms with Gasteiger partial charge in [0.05, 0.1) is 29.9 Å². The number of sulfonamides is 1. The maximum Gasteiger partial charge on any atom is 0.344 e. The maximum absolute atomic E-state index is 12.5. The molecule has 0 unspecified atom stereocenters. The fourth-order valence-corrected chi connectivity index (χ4v) is 3.21. The van der Waals surface area contributed by atoms with Crippen LogP contribution in [0, 0.1) is 0 Å². The fourth-order valence-electron chi connectivity index (χ4n) is 2.12. The Labute approximate surface area is 157 Å². The standard InChI is InChI=1S/C18H19NO7S/c1-3-25-17(20)12-26-15-8-5-7-14(11-15)19-27(22,23)16-9-4-6-13(10-16)18(21)24-2/h4-11,19H,3,12H2,1-2H3. The van der Waals surface area contributed by atoms with E-state index in [1.165, 1.54) is 43.5 Å². The van der Waals surface area contributed by atoms with E-state index in [1.54, 1.807) is 19.1 Å². The molecular weight excluding hydrogens is 374 g/mol. The molecule has 0 aliphatic rings. The van der Waals surface area contributed by atoms with Crippen molar-refractivity contribution in [2.45, 2.75) is 11.8 Å². The minimum atomic E-state index is -3.94. The molecule has 0 saturated carbocycles. The van der Waals surface area contributed by atoms with Crippen molar-refractivity contribution in [2.24, 2.45) is 0 Å². The molecule has 0 radical (unpaired) electrons. The lowest BCUT2D eigenvalue weighted by Gasteiger charge is -2.11. The third kappa shape index (κ3) is 5.71. The number of benzene rings is 2. The van der Waals surface area contributed by atoms with Gasteiger partial charge in [-0.15, -0.1) is 0 Å². The molecule has 0 bridgehead atoms. The topological polar surface area (TPSA) is 108 Å². The molecule has 0 heterocycles. The summed E-state index contributed by atoms with van der Waals surface area (Å²) in [5, 5.41) is 0. The van der Waals surface area contributed by atoms with E-state index in [9.17, 15) is 18.0 Å². The van der Waals surface area contributed by atoms with E-state index in [4.69, 9.17) is 9.47 Å². The molecule has 0 aromatic heterocycles. The zero-order valence-electron chi connectivity index (χ0n) is 14.8. The van der Waals surface area contributed by atoms with Crippen LogP contribution in [-0.4, -0.2) is 40.7 Å². The van der Waals surface area contributed by atoms with E-state index < -0.39 is 22.0 Å². The van der Waals surface area contributed by atoms with E-state index >= 15 is 0 Å². The Morgan fingerprint density at radius 3 is 2.52 bits per heavy atom. The lowest BCUT2D eigenvalue weighted by molar-refractivity contribution is -0.145. The van der Waals surface area contributed by atoms with Crippen molar-refractivity contribution in [1.29, 1.82) is 0 Å². The third-order valence-corrected chi connectivity index (χ3v) is 4.69. The highest BCUT2D eigenvalue weighted by atomic mass is 32.2. The molecule has 0 aliphatic heterocycles. The fraction of sp³-hybridized carbons (Fsp3) is 0.222. The van der Waals surface area contributed by atoms with E-state index in [2.05, 4.69) is 9.46 Å². The summed E-state index contributed by atoms with van der Waals surface area (Å²) in [6.45, 7) is 1.64. The summed E-state index contributed by atoms with van der Waals surface area (Å²) >= 11 is 0. The number of methoxy groups -OCH3 is 1. The SMILES string of the molecule is CCOC(=O)COc1cccc(NS(=O)(=O)c2cccc(C(=O)OC)c2)c1. The van der Waals surface area contributed by atoms with Crippen LogP contribution in [0.3, 0.4) is 0 Å². The van der Waals surface area contributed by atoms with Gasteiger partial charge in [0, 0.05) is 6.07 Å². The van der Waals surface area contributed by atoms with Crippen LogP contribution in [0.4, 0.5) is 5.69 Å². The van der Waals surface area contributed by atoms with Gasteiger partial charge in [-0.05, 0) is 37.3 Å². The van der Waals surface area contributed by atoms with Crippen molar-refractivity contribution in [2.75, 3.05) is 25.0 Å². The zero-order valence-corrected chi connectivity index (χ0v) is 15.6. The number of rotatable bonds is 8. The average Bonchev–Trinajstić information content (AvgIpc) is 2.66. The Morgan fingerprint density at radius 1 is 1.07 bits per heavy atom. The van der Waals surface area contributed by atoms with Crippen LogP contribution < -0.4 is 9.46 Å². The van der Waals surface area contributed by atoms with Gasteiger partial charge in [-0.25, -0.2) is 18.0 Å². The summed E-state index contributed by atoms with van der Waals surface area (Å²) < 4.78 is 42.1. The summed E-state index contributed by atoms with van der Waals surface area (Å²) in [5.74, 6) is -0.865. The molecule has 2 rings (SSSR count). The second-order valence-corrected chi connectivity index (χ2v) is 6.93. The molecule has 144 valence electrons. The minimum absolute atomic E-state index is 0.0942. The Kier molecular flexibility index (Phi) is 6.78. The molecule has 0 saturated heterocycles. The van der Waals surface area contributed by atoms with Crippen LogP contribution in [0.15, 0.2) is 53.4 Å². The Morgan fingerprint density at radius 2 is 1.81 bits per heavy atom. The highest BCUT2D eigenvalue weighted by Crippen LogP contribution is 2.21. The molecule has 0 aliphatic carbocycles. The molecular formula is C18H19NO7S. The van der Waals surface area contributed by atoms with Gasteiger partial charge >= 0.3 is 11.9 Å². The predicted octanol–water partition coefficient (Wildman–Crippen LogP) is 2.22. The summed E-state index contributed by atoms with van der Waals surface area (Å²) in [7, 11) is -2.73. The minimum Gasteiger partial charge on any atom is -0.482 e. The molecule has 9 heteroatoms. The number of nitrogens with one attached hydrogen (secondary N) is 1. The molecule has 8 nitrogen and oxygen atoms in total. The van der Waals surface area contributed by atoms with Crippen molar-refractivity contribution in [3.63, 3.8) is 0 Å². The van der Waals surface area contributed by atoms with Crippen molar-refractivity contribution in [3.05, 3.63) is 54.1 Å². The van der Waals surface area contributed by atoms with Crippen LogP contribution in [0.2, 0.25) is 0 Å². The monoisotopic (exact) mass is 393 g/mol. The Hall–Kier alpha value is -3.07. The predicted molar refractivity (Wildman–Crippen MR) is 97.2 cm³/mol. The van der Waals surface area contributed by atoms with Crippen molar-refractivity contribution in [3.8, 4) is 5.75 Å². The normalized spacial score (nSPS) is 10.7. The molecule has 0 amide bonds. The first-order valence-corrected chi connectivity index (χ1v) is 9.43. The van der Waals surface area contributed by atoms with Gasteiger partial charge in [0.2, 0.25) is 0 Å². The number of anilines is 1. The van der Waals surface area contributed by atoms with Crippen LogP contribution in [0.5, 0.6) is 5.75 Å². The van der Waals surface area contributed by atoms with E-state index in [-0.39, 0.29) is 29.4 Å². The molecule has 2 aromatic carbocycles. The number of carbonyl (C=O) groups excluding carboxylic acids is 2. The maximum atomic E-state index is 12.5. The first-order valence-electron chi connectivity index (χ1n) is 7.95. The second kappa shape index (κ2) is 9.04. The van der Waals surface area contributed by atoms with Gasteiger partial charge in [0.1, 0.15) is 5.75 Å². The quantitative estimate of drug-likeness (QED) is 0.685. The van der Waals surface area contributed by atoms with Gasteiger partial charge in [-0.2, -0.15) is 0 Å². The van der Waals surface area contributed by atoms with E-state index in [0.717, 1.165) is 0 Å². The largest absolute Gasteiger partial charge is 0.482 e. The number of esters is 2. The van der Waals surface area contributed by atoms with Gasteiger partial charge in [0.15, 0.2) is 6.61 Å². The summed E-state index contributed by atoms with van der Waals surface area (Å²) in [5.41, 5.74) is 0.353. The van der Waals surface area contributed by atoms with Gasteiger partial charge in [-0.1, -0.05) is 12.1 Å². The summed E-state index contributed by atoms with van der Waals surface area (Å²) in [4.78, 5) is 22.8. The van der Waals surface area contributed by atoms with Gasteiger partial charge in [0.25, 0.3) is 10.0 Å². The van der Waals surface area contributed by atoms with E-state index in [1.807, 2.05) is 0 Å². The number of hydrogen-bond donors (Lipinski definition) is 1. The van der Waals surface area contributed by atoms with Crippen molar-refractivity contribution < 1.29 is 32.2 Å². The molecule has 1 N–H and O–H groups in total. The molecule has 0 spiro atoms. The lowest BCUT2D eigenvalue weighted by Crippen LogP contribution is -2.15. The molecule has 0 atom stereocenters. The first-order chi connectivity index (χ1) is 12.9. The Balaban J connectivity index is 2.15. The summed E-state index contributed by atoms with van der Waals surface area (Å²) in [6.07, 6.45) is 0. The molecule has 27 heavy (non-hydrogen) atoms. The average molecular weight is 393 g/mol. The lowest BCUT2D eigenvalue weighted by atomic mass is 10.2. The van der Waals surface area contributed by atoms with Crippen LogP contribution in [0.25, 0.3) is 0 Å². The van der Waals surface area contributed by atoms with Crippen LogP contribution in [0.1, 0.15) is 17.3 Å². The highest BCUT2D eigenvalue weighted by molar-refractivity contribution is 7.92. The molecule has 2 aromatic rings. The summed E-state index contributed by atoms with van der Waals surface area (Å²) in [6, 6.07) is 11.6. The van der Waals surface area contributed by atoms with E-state index in [0.29, 0.717) is 5.75 Å². The smallest absolute Gasteiger partial charge is 0.344 e. The van der Waals surface area contributed by atoms with Crippen molar-refractivity contribution >= 4 is 27.6 Å². The van der Waals surface area contributed by atoms with Crippen molar-refractivity contribution in [1.82, 2.24) is 0 Å². The number of hydrogen-bond acceptors (Lipinski definition) is 7. The number of carbonyl (C=O) groups is 2. The number of ether oxygens (including phenoxy) is 3. The first kappa shape index (κ1) is 20.2. The third-order valence-electron chi connectivity index (χ3n) is 3.31. The van der Waals surface area contributed by atoms with Crippen LogP contribution in [-0.2, 0) is 24.3 Å².